The summed E-state index contributed by atoms with van der Waals surface area (Å²) in [5.74, 6) is -0.246. The van der Waals surface area contributed by atoms with E-state index in [4.69, 9.17) is 0 Å². The van der Waals surface area contributed by atoms with Crippen molar-refractivity contribution in [3.05, 3.63) is 103 Å². The monoisotopic (exact) mass is 435 g/mol. The molecule has 32 heavy (non-hydrogen) atoms. The summed E-state index contributed by atoms with van der Waals surface area (Å²) < 4.78 is 44.4. The number of pyridine rings is 2. The van der Waals surface area contributed by atoms with Crippen molar-refractivity contribution in [1.29, 1.82) is 0 Å². The van der Waals surface area contributed by atoms with Crippen molar-refractivity contribution >= 4 is 11.4 Å². The highest BCUT2D eigenvalue weighted by atomic mass is 19.4. The molecule has 2 aromatic heterocycles. The van der Waals surface area contributed by atoms with Crippen molar-refractivity contribution in [1.82, 2.24) is 9.97 Å². The predicted molar refractivity (Wildman–Crippen MR) is 118 cm³/mol. The molecule has 2 aromatic carbocycles. The normalized spacial score (nSPS) is 12.2. The molecule has 2 heterocycles. The fraction of sp³-hybridized carbons (Fsp3) is 0.120. The number of alkyl halides is 3. The standard InChI is InChI=1S/C25H20F3N3O/c1-18(31(20-10-6-14-29-16-20)21-11-7-15-30-17-21)24-22(19-8-3-2-4-9-19)12-5-13-23(24)32-25(26,27)28/h2-18H,1H3. The summed E-state index contributed by atoms with van der Waals surface area (Å²) in [6.45, 7) is 1.84. The molecule has 0 radical (unpaired) electrons. The van der Waals surface area contributed by atoms with Crippen molar-refractivity contribution in [2.24, 2.45) is 0 Å². The van der Waals surface area contributed by atoms with E-state index in [2.05, 4.69) is 14.7 Å². The van der Waals surface area contributed by atoms with E-state index in [0.717, 1.165) is 5.56 Å². The van der Waals surface area contributed by atoms with E-state index >= 15 is 0 Å². The SMILES string of the molecule is CC(c1c(OC(F)(F)F)cccc1-c1ccccc1)N(c1cccnc1)c1cccnc1. The van der Waals surface area contributed by atoms with Crippen molar-refractivity contribution < 1.29 is 17.9 Å². The molecule has 1 atom stereocenters. The lowest BCUT2D eigenvalue weighted by Crippen LogP contribution is -2.25. The van der Waals surface area contributed by atoms with E-state index in [-0.39, 0.29) is 5.75 Å². The number of hydrogen-bond acceptors (Lipinski definition) is 4. The number of rotatable bonds is 6. The number of ether oxygens (including phenoxy) is 1. The van der Waals surface area contributed by atoms with Gasteiger partial charge in [-0.1, -0.05) is 42.5 Å². The minimum Gasteiger partial charge on any atom is -0.405 e. The molecule has 0 spiro atoms. The van der Waals surface area contributed by atoms with E-state index in [1.807, 2.05) is 54.3 Å². The first-order valence-corrected chi connectivity index (χ1v) is 9.97. The minimum atomic E-state index is -4.82. The Hall–Kier alpha value is -3.87. The summed E-state index contributed by atoms with van der Waals surface area (Å²) in [5, 5.41) is 0. The molecule has 0 aliphatic carbocycles. The van der Waals surface area contributed by atoms with Gasteiger partial charge in [0.25, 0.3) is 0 Å². The van der Waals surface area contributed by atoms with Gasteiger partial charge in [0.1, 0.15) is 5.75 Å². The Morgan fingerprint density at radius 2 is 1.41 bits per heavy atom. The Morgan fingerprint density at radius 1 is 0.781 bits per heavy atom. The van der Waals surface area contributed by atoms with Gasteiger partial charge >= 0.3 is 6.36 Å². The molecule has 0 aliphatic rings. The molecule has 0 bridgehead atoms. The van der Waals surface area contributed by atoms with Gasteiger partial charge in [-0.15, -0.1) is 13.2 Å². The zero-order valence-electron chi connectivity index (χ0n) is 17.2. The zero-order valence-corrected chi connectivity index (χ0v) is 17.2. The highest BCUT2D eigenvalue weighted by Gasteiger charge is 2.34. The second-order valence-electron chi connectivity index (χ2n) is 7.10. The van der Waals surface area contributed by atoms with Crippen LogP contribution in [0.15, 0.2) is 97.6 Å². The van der Waals surface area contributed by atoms with Crippen LogP contribution in [-0.4, -0.2) is 16.3 Å². The maximum Gasteiger partial charge on any atom is 0.573 e. The van der Waals surface area contributed by atoms with Crippen LogP contribution in [0.4, 0.5) is 24.5 Å². The van der Waals surface area contributed by atoms with Gasteiger partial charge in [0.2, 0.25) is 0 Å². The molecule has 4 rings (SSSR count). The molecule has 0 aliphatic heterocycles. The quantitative estimate of drug-likeness (QED) is 0.329. The van der Waals surface area contributed by atoms with Crippen LogP contribution in [0.25, 0.3) is 11.1 Å². The summed E-state index contributed by atoms with van der Waals surface area (Å²) in [6, 6.07) is 20.7. The third-order valence-electron chi connectivity index (χ3n) is 5.03. The van der Waals surface area contributed by atoms with E-state index in [9.17, 15) is 13.2 Å². The Bertz CT molecular complexity index is 1110. The van der Waals surface area contributed by atoms with E-state index in [1.54, 1.807) is 49.1 Å². The minimum absolute atomic E-state index is 0.246. The molecule has 0 amide bonds. The first kappa shape index (κ1) is 21.4. The molecule has 162 valence electrons. The first-order valence-electron chi connectivity index (χ1n) is 9.97. The maximum atomic E-state index is 13.3. The third kappa shape index (κ3) is 4.72. The van der Waals surface area contributed by atoms with Gasteiger partial charge in [-0.3, -0.25) is 9.97 Å². The smallest absolute Gasteiger partial charge is 0.405 e. The Balaban J connectivity index is 1.93. The molecule has 7 heteroatoms. The molecule has 0 N–H and O–H groups in total. The average molecular weight is 435 g/mol. The number of nitrogens with zero attached hydrogens (tertiary/aromatic N) is 3. The molecule has 0 saturated heterocycles. The van der Waals surface area contributed by atoms with Crippen LogP contribution in [0.3, 0.4) is 0 Å². The van der Waals surface area contributed by atoms with Crippen LogP contribution in [0.2, 0.25) is 0 Å². The van der Waals surface area contributed by atoms with E-state index in [1.165, 1.54) is 6.07 Å². The van der Waals surface area contributed by atoms with Gasteiger partial charge < -0.3 is 9.64 Å². The van der Waals surface area contributed by atoms with Crippen LogP contribution in [0.1, 0.15) is 18.5 Å². The first-order chi connectivity index (χ1) is 15.4. The number of anilines is 2. The second-order valence-corrected chi connectivity index (χ2v) is 7.10. The summed E-state index contributed by atoms with van der Waals surface area (Å²) >= 11 is 0. The molecule has 4 nitrogen and oxygen atoms in total. The van der Waals surface area contributed by atoms with Gasteiger partial charge in [0.15, 0.2) is 0 Å². The molecular weight excluding hydrogens is 415 g/mol. The van der Waals surface area contributed by atoms with Crippen LogP contribution < -0.4 is 9.64 Å². The number of halogens is 3. The van der Waals surface area contributed by atoms with Crippen LogP contribution in [0, 0.1) is 0 Å². The summed E-state index contributed by atoms with van der Waals surface area (Å²) in [4.78, 5) is 10.3. The van der Waals surface area contributed by atoms with Gasteiger partial charge in [-0.2, -0.15) is 0 Å². The fourth-order valence-electron chi connectivity index (χ4n) is 3.78. The van der Waals surface area contributed by atoms with Crippen molar-refractivity contribution in [3.63, 3.8) is 0 Å². The Labute approximate surface area is 184 Å². The van der Waals surface area contributed by atoms with E-state index < -0.39 is 12.4 Å². The predicted octanol–water partition coefficient (Wildman–Crippen LogP) is 6.94. The van der Waals surface area contributed by atoms with Crippen LogP contribution >= 0.6 is 0 Å². The topological polar surface area (TPSA) is 38.2 Å². The summed E-state index contributed by atoms with van der Waals surface area (Å²) in [7, 11) is 0. The average Bonchev–Trinajstić information content (AvgIpc) is 2.80. The molecule has 0 saturated carbocycles. The zero-order chi connectivity index (χ0) is 22.6. The van der Waals surface area contributed by atoms with Crippen LogP contribution in [0.5, 0.6) is 5.75 Å². The largest absolute Gasteiger partial charge is 0.573 e. The Morgan fingerprint density at radius 3 is 1.94 bits per heavy atom. The molecule has 0 fully saturated rings. The molecule has 4 aromatic rings. The van der Waals surface area contributed by atoms with Crippen molar-refractivity contribution in [2.45, 2.75) is 19.3 Å². The Kier molecular flexibility index (Phi) is 6.07. The van der Waals surface area contributed by atoms with E-state index in [0.29, 0.717) is 22.5 Å². The molecule has 1 unspecified atom stereocenters. The number of benzene rings is 2. The lowest BCUT2D eigenvalue weighted by molar-refractivity contribution is -0.274. The highest BCUT2D eigenvalue weighted by molar-refractivity contribution is 5.74. The summed E-state index contributed by atoms with van der Waals surface area (Å²) in [6.07, 6.45) is 1.80. The fourth-order valence-corrected chi connectivity index (χ4v) is 3.78. The van der Waals surface area contributed by atoms with Gasteiger partial charge in [0, 0.05) is 18.0 Å². The number of hydrogen-bond donors (Lipinski definition) is 0. The second kappa shape index (κ2) is 9.09. The lowest BCUT2D eigenvalue weighted by Gasteiger charge is -2.33. The third-order valence-corrected chi connectivity index (χ3v) is 5.03. The molecular formula is C25H20F3N3O. The van der Waals surface area contributed by atoms with Crippen molar-refractivity contribution in [2.75, 3.05) is 4.90 Å². The summed E-state index contributed by atoms with van der Waals surface area (Å²) in [5.41, 5.74) is 3.28. The van der Waals surface area contributed by atoms with Gasteiger partial charge in [-0.25, -0.2) is 0 Å². The lowest BCUT2D eigenvalue weighted by atomic mass is 9.93. The van der Waals surface area contributed by atoms with Crippen LogP contribution in [-0.2, 0) is 0 Å². The van der Waals surface area contributed by atoms with Crippen molar-refractivity contribution in [3.8, 4) is 16.9 Å². The maximum absolute atomic E-state index is 13.3. The van der Waals surface area contributed by atoms with Gasteiger partial charge in [-0.05, 0) is 48.4 Å². The highest BCUT2D eigenvalue weighted by Crippen LogP contribution is 2.43. The van der Waals surface area contributed by atoms with Gasteiger partial charge in [0.05, 0.1) is 29.8 Å². The number of aromatic nitrogens is 2.